The molecular weight excluding hydrogens is 529 g/mol. The van der Waals surface area contributed by atoms with Crippen LogP contribution in [0.15, 0.2) is 66.7 Å². The topological polar surface area (TPSA) is 116 Å². The standard InChI is InChI=1S/C31H26FN3O6/c1-39-25-14-11-18(16-26(25)40-2)15-19-12-13-22-28(21-8-4-6-10-24(21)33-29(19)22)31(38)41-17-27(36)34-35-30(37)20-7-3-5-9-23(20)32/h3-11,14-16H,12-13,17H2,1-2H3,(H,34,36)(H,35,37)/b19-15-. The number of carbonyl (C=O) groups is 3. The van der Waals surface area contributed by atoms with E-state index < -0.39 is 30.2 Å². The van der Waals surface area contributed by atoms with Gasteiger partial charge in [-0.15, -0.1) is 0 Å². The molecule has 1 aliphatic rings. The van der Waals surface area contributed by atoms with Crippen LogP contribution in [0.3, 0.4) is 0 Å². The number of hydrogen-bond acceptors (Lipinski definition) is 7. The van der Waals surface area contributed by atoms with Gasteiger partial charge in [-0.3, -0.25) is 20.4 Å². The summed E-state index contributed by atoms with van der Waals surface area (Å²) in [4.78, 5) is 42.6. The molecule has 0 bridgehead atoms. The van der Waals surface area contributed by atoms with E-state index in [4.69, 9.17) is 19.2 Å². The molecule has 1 aromatic heterocycles. The average molecular weight is 556 g/mol. The van der Waals surface area contributed by atoms with Gasteiger partial charge in [0.05, 0.1) is 36.6 Å². The van der Waals surface area contributed by atoms with Crippen LogP contribution in [-0.2, 0) is 16.0 Å². The Morgan fingerprint density at radius 2 is 1.68 bits per heavy atom. The number of hydrazine groups is 1. The highest BCUT2D eigenvalue weighted by Gasteiger charge is 2.28. The number of fused-ring (bicyclic) bond motifs is 2. The van der Waals surface area contributed by atoms with E-state index in [1.165, 1.54) is 18.2 Å². The van der Waals surface area contributed by atoms with E-state index in [-0.39, 0.29) is 5.56 Å². The van der Waals surface area contributed by atoms with Crippen LogP contribution in [0.5, 0.6) is 11.5 Å². The first-order valence-electron chi connectivity index (χ1n) is 12.7. The van der Waals surface area contributed by atoms with Gasteiger partial charge in [0.25, 0.3) is 11.8 Å². The SMILES string of the molecule is COc1ccc(/C=C2/CCc3c2nc2ccccc2c3C(=O)OCC(=O)NNC(=O)c2ccccc2F)cc1OC. The Morgan fingerprint density at radius 1 is 0.927 bits per heavy atom. The van der Waals surface area contributed by atoms with Gasteiger partial charge in [-0.1, -0.05) is 36.4 Å². The number of methoxy groups -OCH3 is 2. The van der Waals surface area contributed by atoms with E-state index in [9.17, 15) is 18.8 Å². The highest BCUT2D eigenvalue weighted by atomic mass is 19.1. The molecule has 1 aliphatic carbocycles. The number of rotatable bonds is 7. The summed E-state index contributed by atoms with van der Waals surface area (Å²) in [6.07, 6.45) is 3.20. The van der Waals surface area contributed by atoms with E-state index in [2.05, 4.69) is 10.9 Å². The molecule has 0 atom stereocenters. The van der Waals surface area contributed by atoms with E-state index >= 15 is 0 Å². The van der Waals surface area contributed by atoms with Crippen LogP contribution in [0.25, 0.3) is 22.6 Å². The van der Waals surface area contributed by atoms with E-state index in [0.717, 1.165) is 22.8 Å². The number of carbonyl (C=O) groups excluding carboxylic acids is 3. The number of nitrogens with zero attached hydrogens (tertiary/aromatic N) is 1. The lowest BCUT2D eigenvalue weighted by Gasteiger charge is -2.13. The maximum absolute atomic E-state index is 13.8. The van der Waals surface area contributed by atoms with Gasteiger partial charge < -0.3 is 14.2 Å². The van der Waals surface area contributed by atoms with Crippen LogP contribution in [0.2, 0.25) is 0 Å². The van der Waals surface area contributed by atoms with Crippen molar-refractivity contribution in [3.05, 3.63) is 100 Å². The average Bonchev–Trinajstić information content (AvgIpc) is 3.39. The predicted octanol–water partition coefficient (Wildman–Crippen LogP) is 4.50. The molecular formula is C31H26FN3O6. The third kappa shape index (κ3) is 5.72. The van der Waals surface area contributed by atoms with Crippen molar-refractivity contribution in [2.24, 2.45) is 0 Å². The summed E-state index contributed by atoms with van der Waals surface area (Å²) in [6, 6.07) is 18.2. The Morgan fingerprint density at radius 3 is 2.46 bits per heavy atom. The van der Waals surface area contributed by atoms with Crippen LogP contribution in [0.1, 0.15) is 44.0 Å². The second kappa shape index (κ2) is 11.9. The number of ether oxygens (including phenoxy) is 3. The Kier molecular flexibility index (Phi) is 7.91. The predicted molar refractivity (Wildman–Crippen MR) is 150 cm³/mol. The van der Waals surface area contributed by atoms with E-state index in [1.54, 1.807) is 26.4 Å². The Hall–Kier alpha value is -5.25. The lowest BCUT2D eigenvalue weighted by atomic mass is 10.0. The minimum atomic E-state index is -0.838. The van der Waals surface area contributed by atoms with Crippen molar-refractivity contribution < 1.29 is 33.0 Å². The molecule has 208 valence electrons. The molecule has 2 N–H and O–H groups in total. The quantitative estimate of drug-likeness (QED) is 0.255. The number of pyridine rings is 1. The first kappa shape index (κ1) is 27.3. The second-order valence-corrected chi connectivity index (χ2v) is 9.17. The number of nitrogens with one attached hydrogen (secondary N) is 2. The van der Waals surface area contributed by atoms with Crippen molar-refractivity contribution in [3.63, 3.8) is 0 Å². The smallest absolute Gasteiger partial charge is 0.339 e. The van der Waals surface area contributed by atoms with Gasteiger partial charge in [-0.2, -0.15) is 0 Å². The number of hydrogen-bond donors (Lipinski definition) is 2. The summed E-state index contributed by atoms with van der Waals surface area (Å²) in [5, 5.41) is 0.608. The first-order valence-corrected chi connectivity index (χ1v) is 12.7. The molecule has 4 aromatic rings. The molecule has 0 spiro atoms. The van der Waals surface area contributed by atoms with Crippen molar-refractivity contribution in [2.45, 2.75) is 12.8 Å². The van der Waals surface area contributed by atoms with Gasteiger partial charge in [0.15, 0.2) is 18.1 Å². The molecule has 3 aromatic carbocycles. The number of para-hydroxylation sites is 1. The number of benzene rings is 3. The zero-order valence-corrected chi connectivity index (χ0v) is 22.3. The second-order valence-electron chi connectivity index (χ2n) is 9.17. The van der Waals surface area contributed by atoms with Gasteiger partial charge in [-0.25, -0.2) is 14.2 Å². The van der Waals surface area contributed by atoms with Gasteiger partial charge >= 0.3 is 5.97 Å². The summed E-state index contributed by atoms with van der Waals surface area (Å²) >= 11 is 0. The number of aromatic nitrogens is 1. The fraction of sp³-hybridized carbons (Fsp3) is 0.161. The van der Waals surface area contributed by atoms with Gasteiger partial charge in [0, 0.05) is 5.39 Å². The number of esters is 1. The molecule has 0 aliphatic heterocycles. The number of halogens is 1. The minimum absolute atomic E-state index is 0.236. The Bertz CT molecular complexity index is 1700. The molecule has 10 heteroatoms. The highest BCUT2D eigenvalue weighted by Crippen LogP contribution is 2.38. The molecule has 0 saturated carbocycles. The van der Waals surface area contributed by atoms with Crippen molar-refractivity contribution in [3.8, 4) is 11.5 Å². The lowest BCUT2D eigenvalue weighted by Crippen LogP contribution is -2.43. The van der Waals surface area contributed by atoms with Gasteiger partial charge in [-0.05, 0) is 65.9 Å². The molecule has 5 rings (SSSR count). The third-order valence-corrected chi connectivity index (χ3v) is 6.66. The molecule has 2 amide bonds. The molecule has 0 unspecified atom stereocenters. The van der Waals surface area contributed by atoms with Crippen molar-refractivity contribution >= 4 is 40.3 Å². The maximum Gasteiger partial charge on any atom is 0.339 e. The summed E-state index contributed by atoms with van der Waals surface area (Å²) in [7, 11) is 3.15. The summed E-state index contributed by atoms with van der Waals surface area (Å²) in [5.41, 5.74) is 8.21. The van der Waals surface area contributed by atoms with Crippen molar-refractivity contribution in [2.75, 3.05) is 20.8 Å². The Labute approximate surface area is 234 Å². The molecule has 1 heterocycles. The molecule has 41 heavy (non-hydrogen) atoms. The minimum Gasteiger partial charge on any atom is -0.493 e. The van der Waals surface area contributed by atoms with Crippen LogP contribution in [0, 0.1) is 5.82 Å². The molecule has 0 radical (unpaired) electrons. The fourth-order valence-corrected chi connectivity index (χ4v) is 4.73. The van der Waals surface area contributed by atoms with Crippen LogP contribution in [0.4, 0.5) is 4.39 Å². The Balaban J connectivity index is 1.36. The van der Waals surface area contributed by atoms with E-state index in [1.807, 2.05) is 36.4 Å². The molecule has 9 nitrogen and oxygen atoms in total. The largest absolute Gasteiger partial charge is 0.493 e. The summed E-state index contributed by atoms with van der Waals surface area (Å²) in [6.45, 7) is -0.657. The fourth-order valence-electron chi connectivity index (χ4n) is 4.73. The van der Waals surface area contributed by atoms with Crippen molar-refractivity contribution in [1.29, 1.82) is 0 Å². The lowest BCUT2D eigenvalue weighted by molar-refractivity contribution is -0.125. The first-order chi connectivity index (χ1) is 19.9. The summed E-state index contributed by atoms with van der Waals surface area (Å²) < 4.78 is 29.9. The number of amides is 2. The normalized spacial score (nSPS) is 13.0. The zero-order chi connectivity index (χ0) is 28.9. The van der Waals surface area contributed by atoms with Gasteiger partial charge in [0.2, 0.25) is 0 Å². The number of allylic oxidation sites excluding steroid dienone is 1. The molecule has 0 fully saturated rings. The van der Waals surface area contributed by atoms with E-state index in [0.29, 0.717) is 46.5 Å². The zero-order valence-electron chi connectivity index (χ0n) is 22.3. The van der Waals surface area contributed by atoms with Crippen LogP contribution in [-0.4, -0.2) is 43.6 Å². The highest BCUT2D eigenvalue weighted by molar-refractivity contribution is 6.07. The third-order valence-electron chi connectivity index (χ3n) is 6.66. The monoisotopic (exact) mass is 555 g/mol. The van der Waals surface area contributed by atoms with Gasteiger partial charge in [0.1, 0.15) is 5.82 Å². The molecule has 0 saturated heterocycles. The van der Waals surface area contributed by atoms with Crippen LogP contribution < -0.4 is 20.3 Å². The van der Waals surface area contributed by atoms with Crippen LogP contribution >= 0.6 is 0 Å². The van der Waals surface area contributed by atoms with Crippen molar-refractivity contribution in [1.82, 2.24) is 15.8 Å². The summed E-state index contributed by atoms with van der Waals surface area (Å²) in [5.74, 6) is -1.83. The maximum atomic E-state index is 13.8.